The van der Waals surface area contributed by atoms with Gasteiger partial charge in [-0.2, -0.15) is 0 Å². The van der Waals surface area contributed by atoms with E-state index in [0.29, 0.717) is 5.71 Å². The molecule has 5 heteroatoms. The summed E-state index contributed by atoms with van der Waals surface area (Å²) in [5.74, 6) is 1.57. The number of hydrogen-bond acceptors (Lipinski definition) is 5. The molecule has 1 aliphatic heterocycles. The lowest BCUT2D eigenvalue weighted by atomic mass is 9.98. The minimum atomic E-state index is -0.476. The molecule has 7 aromatic rings. The van der Waals surface area contributed by atoms with Gasteiger partial charge in [0.25, 0.3) is 0 Å². The van der Waals surface area contributed by atoms with Gasteiger partial charge in [0.1, 0.15) is 17.3 Å². The molecule has 1 aliphatic carbocycles. The van der Waals surface area contributed by atoms with Crippen molar-refractivity contribution in [3.8, 4) is 22.3 Å². The Morgan fingerprint density at radius 3 is 2.20 bits per heavy atom. The first-order valence-corrected chi connectivity index (χ1v) is 13.7. The number of aromatic nitrogens is 1. The van der Waals surface area contributed by atoms with Crippen LogP contribution in [0.15, 0.2) is 136 Å². The van der Waals surface area contributed by atoms with Crippen LogP contribution in [-0.2, 0) is 0 Å². The molecule has 1 unspecified atom stereocenters. The Morgan fingerprint density at radius 2 is 1.32 bits per heavy atom. The third-order valence-corrected chi connectivity index (χ3v) is 8.13. The molecule has 5 aromatic carbocycles. The summed E-state index contributed by atoms with van der Waals surface area (Å²) < 4.78 is 6.10. The number of rotatable bonds is 3. The van der Waals surface area contributed by atoms with E-state index in [1.807, 2.05) is 42.5 Å². The van der Waals surface area contributed by atoms with Crippen molar-refractivity contribution in [2.75, 3.05) is 0 Å². The van der Waals surface area contributed by atoms with Gasteiger partial charge in [-0.05, 0) is 57.3 Å². The summed E-state index contributed by atoms with van der Waals surface area (Å²) in [6.07, 6.45) is 1.31. The molecular weight excluding hydrogens is 504 g/mol. The van der Waals surface area contributed by atoms with Crippen LogP contribution < -0.4 is 5.32 Å². The molecular formula is C36H22N4O. The molecule has 1 atom stereocenters. The maximum Gasteiger partial charge on any atom is 0.227 e. The zero-order valence-electron chi connectivity index (χ0n) is 21.9. The Labute approximate surface area is 235 Å². The number of para-hydroxylation sites is 1. The lowest BCUT2D eigenvalue weighted by molar-refractivity contribution is 0.652. The monoisotopic (exact) mass is 526 g/mol. The predicted molar refractivity (Wildman–Crippen MR) is 165 cm³/mol. The molecule has 1 N–H and O–H groups in total. The number of nitrogens with zero attached hydrogens (tertiary/aromatic N) is 3. The molecule has 3 heterocycles. The summed E-state index contributed by atoms with van der Waals surface area (Å²) in [7, 11) is 0. The van der Waals surface area contributed by atoms with Crippen molar-refractivity contribution < 1.29 is 4.42 Å². The molecule has 41 heavy (non-hydrogen) atoms. The standard InChI is InChI=1S/C36H22N4O/c1-2-9-21(10-3-1)33-38-34(23-19-22-11-8-15-26-24-12-4-5-13-25(24)29(20-23)31(22)26)40-35(39-33)28-17-18-37-36-32(28)27-14-6-7-16-30(27)41-36/h1-20,35H,(H,38,39,40). The van der Waals surface area contributed by atoms with E-state index in [-0.39, 0.29) is 0 Å². The molecule has 9 rings (SSSR count). The second kappa shape index (κ2) is 8.47. The number of nitrogens with one attached hydrogen (secondary N) is 1. The minimum absolute atomic E-state index is 0.476. The lowest BCUT2D eigenvalue weighted by Crippen LogP contribution is -2.36. The summed E-state index contributed by atoms with van der Waals surface area (Å²) in [4.78, 5) is 14.9. The van der Waals surface area contributed by atoms with Gasteiger partial charge in [-0.15, -0.1) is 0 Å². The van der Waals surface area contributed by atoms with E-state index in [1.165, 1.54) is 33.0 Å². The molecule has 0 saturated carbocycles. The fourth-order valence-electron chi connectivity index (χ4n) is 6.32. The summed E-state index contributed by atoms with van der Waals surface area (Å²) in [5, 5.41) is 8.04. The zero-order valence-corrected chi connectivity index (χ0v) is 21.9. The van der Waals surface area contributed by atoms with Gasteiger partial charge in [0.05, 0.1) is 5.39 Å². The average Bonchev–Trinajstić information content (AvgIpc) is 3.58. The molecule has 0 fully saturated rings. The third kappa shape index (κ3) is 3.33. The van der Waals surface area contributed by atoms with Crippen LogP contribution >= 0.6 is 0 Å². The SMILES string of the molecule is c1ccc(C2=NC(c3ccnc4oc5ccccc5c34)N=C(c3cc4c5c(cccc5c3)-c3ccccc3-4)N2)cc1. The lowest BCUT2D eigenvalue weighted by Gasteiger charge is -2.23. The second-order valence-electron chi connectivity index (χ2n) is 10.5. The quantitative estimate of drug-likeness (QED) is 0.252. The molecule has 192 valence electrons. The Morgan fingerprint density at radius 1 is 0.585 bits per heavy atom. The maximum atomic E-state index is 6.10. The molecule has 0 saturated heterocycles. The number of furan rings is 1. The Balaban J connectivity index is 1.27. The van der Waals surface area contributed by atoms with Crippen molar-refractivity contribution >= 4 is 44.5 Å². The number of pyridine rings is 1. The van der Waals surface area contributed by atoms with Gasteiger partial charge in [0.15, 0.2) is 6.17 Å². The van der Waals surface area contributed by atoms with E-state index in [1.54, 1.807) is 6.20 Å². The number of amidine groups is 2. The summed E-state index contributed by atoms with van der Waals surface area (Å²) in [6, 6.07) is 40.0. The van der Waals surface area contributed by atoms with Gasteiger partial charge in [0.2, 0.25) is 5.71 Å². The fourth-order valence-corrected chi connectivity index (χ4v) is 6.32. The van der Waals surface area contributed by atoms with Gasteiger partial charge in [-0.3, -0.25) is 0 Å². The van der Waals surface area contributed by atoms with Crippen LogP contribution in [0, 0.1) is 0 Å². The molecule has 2 aromatic heterocycles. The second-order valence-corrected chi connectivity index (χ2v) is 10.5. The van der Waals surface area contributed by atoms with Gasteiger partial charge in [-0.25, -0.2) is 15.0 Å². The van der Waals surface area contributed by atoms with Crippen molar-refractivity contribution in [1.29, 1.82) is 0 Å². The Bertz CT molecular complexity index is 2240. The molecule has 0 radical (unpaired) electrons. The summed E-state index contributed by atoms with van der Waals surface area (Å²) >= 11 is 0. The highest BCUT2D eigenvalue weighted by Gasteiger charge is 2.27. The van der Waals surface area contributed by atoms with Gasteiger partial charge < -0.3 is 9.73 Å². The average molecular weight is 527 g/mol. The van der Waals surface area contributed by atoms with Crippen LogP contribution in [0.2, 0.25) is 0 Å². The summed E-state index contributed by atoms with van der Waals surface area (Å²) in [6.45, 7) is 0. The minimum Gasteiger partial charge on any atom is -0.438 e. The predicted octanol–water partition coefficient (Wildman–Crippen LogP) is 8.28. The Kier molecular flexibility index (Phi) is 4.61. The van der Waals surface area contributed by atoms with Crippen LogP contribution in [0.4, 0.5) is 0 Å². The first-order valence-electron chi connectivity index (χ1n) is 13.7. The van der Waals surface area contributed by atoms with E-state index < -0.39 is 6.17 Å². The van der Waals surface area contributed by atoms with Crippen molar-refractivity contribution in [1.82, 2.24) is 10.3 Å². The normalized spacial score (nSPS) is 15.6. The first-order chi connectivity index (χ1) is 20.3. The molecule has 5 nitrogen and oxygen atoms in total. The number of benzene rings is 5. The van der Waals surface area contributed by atoms with E-state index >= 15 is 0 Å². The van der Waals surface area contributed by atoms with Crippen molar-refractivity contribution in [3.63, 3.8) is 0 Å². The highest BCUT2D eigenvalue weighted by Crippen LogP contribution is 2.47. The van der Waals surface area contributed by atoms with Gasteiger partial charge in [-0.1, -0.05) is 91.0 Å². The molecule has 0 spiro atoms. The van der Waals surface area contributed by atoms with E-state index in [9.17, 15) is 0 Å². The van der Waals surface area contributed by atoms with Crippen LogP contribution in [0.1, 0.15) is 22.9 Å². The highest BCUT2D eigenvalue weighted by molar-refractivity contribution is 6.21. The molecule has 0 bridgehead atoms. The van der Waals surface area contributed by atoms with Crippen LogP contribution in [0.25, 0.3) is 55.1 Å². The first kappa shape index (κ1) is 22.3. The number of fused-ring (bicyclic) bond motifs is 6. The van der Waals surface area contributed by atoms with Crippen molar-refractivity contribution in [2.24, 2.45) is 9.98 Å². The topological polar surface area (TPSA) is 62.8 Å². The van der Waals surface area contributed by atoms with E-state index in [4.69, 9.17) is 14.4 Å². The fraction of sp³-hybridized carbons (Fsp3) is 0.0278. The smallest absolute Gasteiger partial charge is 0.227 e. The van der Waals surface area contributed by atoms with Crippen LogP contribution in [-0.4, -0.2) is 16.7 Å². The largest absolute Gasteiger partial charge is 0.438 e. The number of hydrogen-bond donors (Lipinski definition) is 1. The number of aliphatic imine (C=N–C) groups is 2. The molecule has 0 amide bonds. The van der Waals surface area contributed by atoms with Gasteiger partial charge >= 0.3 is 0 Å². The van der Waals surface area contributed by atoms with Crippen molar-refractivity contribution in [3.05, 3.63) is 138 Å². The van der Waals surface area contributed by atoms with E-state index in [0.717, 1.165) is 44.7 Å². The summed E-state index contributed by atoms with van der Waals surface area (Å²) in [5.41, 5.74) is 9.45. The maximum absolute atomic E-state index is 6.10. The van der Waals surface area contributed by atoms with Crippen LogP contribution in [0.5, 0.6) is 0 Å². The zero-order chi connectivity index (χ0) is 26.9. The van der Waals surface area contributed by atoms with E-state index in [2.05, 4.69) is 83.1 Å². The highest BCUT2D eigenvalue weighted by atomic mass is 16.3. The Hall–Kier alpha value is -5.55. The molecule has 2 aliphatic rings. The third-order valence-electron chi connectivity index (χ3n) is 8.13. The van der Waals surface area contributed by atoms with Crippen LogP contribution in [0.3, 0.4) is 0 Å². The van der Waals surface area contributed by atoms with Gasteiger partial charge in [0, 0.05) is 28.3 Å². The van der Waals surface area contributed by atoms with Crippen molar-refractivity contribution in [2.45, 2.75) is 6.17 Å².